The lowest BCUT2D eigenvalue weighted by Gasteiger charge is -2.04. The Morgan fingerprint density at radius 2 is 2.18 bits per heavy atom. The molecule has 1 rings (SSSR count). The van der Waals surface area contributed by atoms with Crippen LogP contribution in [0.3, 0.4) is 0 Å². The van der Waals surface area contributed by atoms with Gasteiger partial charge in [0, 0.05) is 17.1 Å². The predicted molar refractivity (Wildman–Crippen MR) is 66.4 cm³/mol. The van der Waals surface area contributed by atoms with Crippen molar-refractivity contribution >= 4 is 33.6 Å². The predicted octanol–water partition coefficient (Wildman–Crippen LogP) is 2.13. The molecule has 92 valence electrons. The summed E-state index contributed by atoms with van der Waals surface area (Å²) >= 11 is 3.24. The zero-order valence-electron chi connectivity index (χ0n) is 9.40. The molecular weight excluding hydrogens is 288 g/mol. The molecule has 0 saturated carbocycles. The van der Waals surface area contributed by atoms with Crippen LogP contribution in [0.15, 0.2) is 22.8 Å². The fourth-order valence-corrected chi connectivity index (χ4v) is 1.34. The molecular formula is C11H13BrN2O3. The number of nitrogens with one attached hydrogen (secondary N) is 1. The number of carbonyl (C=O) groups is 2. The number of rotatable bonds is 5. The molecule has 0 unspecified atom stereocenters. The molecule has 1 amide bonds. The highest BCUT2D eigenvalue weighted by molar-refractivity contribution is 9.10. The van der Waals surface area contributed by atoms with Gasteiger partial charge in [0.15, 0.2) is 0 Å². The van der Waals surface area contributed by atoms with Gasteiger partial charge in [-0.1, -0.05) is 0 Å². The molecule has 6 heteroatoms. The van der Waals surface area contributed by atoms with Gasteiger partial charge in [-0.25, -0.2) is 4.98 Å². The van der Waals surface area contributed by atoms with E-state index in [9.17, 15) is 9.59 Å². The van der Waals surface area contributed by atoms with Crippen LogP contribution < -0.4 is 5.32 Å². The third kappa shape index (κ3) is 5.44. The van der Waals surface area contributed by atoms with Crippen LogP contribution >= 0.6 is 15.9 Å². The second-order valence-electron chi connectivity index (χ2n) is 3.21. The monoisotopic (exact) mass is 300 g/mol. The normalized spacial score (nSPS) is 9.76. The molecule has 0 aliphatic carbocycles. The van der Waals surface area contributed by atoms with Gasteiger partial charge in [0.1, 0.15) is 5.82 Å². The summed E-state index contributed by atoms with van der Waals surface area (Å²) < 4.78 is 5.55. The first kappa shape index (κ1) is 13.6. The number of ether oxygens (including phenoxy) is 1. The number of pyridine rings is 1. The molecule has 1 N–H and O–H groups in total. The average Bonchev–Trinajstić information content (AvgIpc) is 2.30. The van der Waals surface area contributed by atoms with E-state index >= 15 is 0 Å². The van der Waals surface area contributed by atoms with Crippen molar-refractivity contribution in [3.05, 3.63) is 22.8 Å². The SMILES string of the molecule is CCOC(=O)CCC(=O)Nc1ccc(Br)cn1. The largest absolute Gasteiger partial charge is 0.466 e. The third-order valence-electron chi connectivity index (χ3n) is 1.86. The molecule has 0 aliphatic heterocycles. The molecule has 5 nitrogen and oxygen atoms in total. The first-order valence-corrected chi connectivity index (χ1v) is 5.98. The van der Waals surface area contributed by atoms with E-state index in [4.69, 9.17) is 4.74 Å². The van der Waals surface area contributed by atoms with Gasteiger partial charge < -0.3 is 10.1 Å². The standard InChI is InChI=1S/C11H13BrN2O3/c1-2-17-11(16)6-5-10(15)14-9-4-3-8(12)7-13-9/h3-4,7H,2,5-6H2,1H3,(H,13,14,15). The topological polar surface area (TPSA) is 68.3 Å². The maximum atomic E-state index is 11.4. The van der Waals surface area contributed by atoms with E-state index in [2.05, 4.69) is 26.2 Å². The molecule has 0 bridgehead atoms. The Balaban J connectivity index is 2.34. The summed E-state index contributed by atoms with van der Waals surface area (Å²) in [4.78, 5) is 26.4. The highest BCUT2D eigenvalue weighted by Gasteiger charge is 2.08. The lowest BCUT2D eigenvalue weighted by molar-refractivity contribution is -0.144. The Bertz CT molecular complexity index is 392. The number of amides is 1. The van der Waals surface area contributed by atoms with E-state index in [0.717, 1.165) is 4.47 Å². The van der Waals surface area contributed by atoms with Crippen molar-refractivity contribution in [2.75, 3.05) is 11.9 Å². The summed E-state index contributed by atoms with van der Waals surface area (Å²) in [5.74, 6) is -0.165. The maximum Gasteiger partial charge on any atom is 0.306 e. The Hall–Kier alpha value is -1.43. The first-order chi connectivity index (χ1) is 8.11. The quantitative estimate of drug-likeness (QED) is 0.846. The third-order valence-corrected chi connectivity index (χ3v) is 2.33. The summed E-state index contributed by atoms with van der Waals surface area (Å²) in [6.07, 6.45) is 1.76. The second kappa shape index (κ2) is 7.01. The van der Waals surface area contributed by atoms with Gasteiger partial charge in [-0.15, -0.1) is 0 Å². The van der Waals surface area contributed by atoms with E-state index in [1.54, 1.807) is 25.3 Å². The fraction of sp³-hybridized carbons (Fsp3) is 0.364. The second-order valence-corrected chi connectivity index (χ2v) is 4.13. The molecule has 1 aromatic heterocycles. The molecule has 1 heterocycles. The smallest absolute Gasteiger partial charge is 0.306 e. The lowest BCUT2D eigenvalue weighted by atomic mass is 10.3. The van der Waals surface area contributed by atoms with Crippen molar-refractivity contribution in [1.29, 1.82) is 0 Å². The Morgan fingerprint density at radius 3 is 2.76 bits per heavy atom. The van der Waals surface area contributed by atoms with E-state index in [1.165, 1.54) is 0 Å². The molecule has 17 heavy (non-hydrogen) atoms. The van der Waals surface area contributed by atoms with Crippen molar-refractivity contribution in [3.63, 3.8) is 0 Å². The van der Waals surface area contributed by atoms with E-state index in [1.807, 2.05) is 0 Å². The van der Waals surface area contributed by atoms with Crippen molar-refractivity contribution in [2.45, 2.75) is 19.8 Å². The number of carbonyl (C=O) groups excluding carboxylic acids is 2. The number of nitrogens with zero attached hydrogens (tertiary/aromatic N) is 1. The maximum absolute atomic E-state index is 11.4. The van der Waals surface area contributed by atoms with E-state index in [-0.39, 0.29) is 24.7 Å². The number of anilines is 1. The van der Waals surface area contributed by atoms with Crippen LogP contribution in [0.2, 0.25) is 0 Å². The highest BCUT2D eigenvalue weighted by Crippen LogP contribution is 2.10. The molecule has 0 atom stereocenters. The minimum Gasteiger partial charge on any atom is -0.466 e. The number of esters is 1. The summed E-state index contributed by atoms with van der Waals surface area (Å²) in [6.45, 7) is 2.05. The summed E-state index contributed by atoms with van der Waals surface area (Å²) in [7, 11) is 0. The van der Waals surface area contributed by atoms with Crippen LogP contribution in [-0.2, 0) is 14.3 Å². The number of aromatic nitrogens is 1. The first-order valence-electron chi connectivity index (χ1n) is 5.19. The van der Waals surface area contributed by atoms with Gasteiger partial charge in [0.2, 0.25) is 5.91 Å². The number of hydrogen-bond acceptors (Lipinski definition) is 4. The van der Waals surface area contributed by atoms with Crippen LogP contribution in [-0.4, -0.2) is 23.5 Å². The minimum absolute atomic E-state index is 0.0796. The van der Waals surface area contributed by atoms with Crippen LogP contribution in [0.1, 0.15) is 19.8 Å². The van der Waals surface area contributed by atoms with Crippen LogP contribution in [0.4, 0.5) is 5.82 Å². The fourth-order valence-electron chi connectivity index (χ4n) is 1.10. The van der Waals surface area contributed by atoms with Crippen molar-refractivity contribution in [1.82, 2.24) is 4.98 Å². The zero-order chi connectivity index (χ0) is 12.7. The van der Waals surface area contributed by atoms with E-state index < -0.39 is 0 Å². The molecule has 0 aromatic carbocycles. The highest BCUT2D eigenvalue weighted by atomic mass is 79.9. The Kier molecular flexibility index (Phi) is 5.62. The molecule has 0 fully saturated rings. The Labute approximate surface area is 108 Å². The van der Waals surface area contributed by atoms with Gasteiger partial charge in [-0.3, -0.25) is 9.59 Å². The minimum atomic E-state index is -0.369. The lowest BCUT2D eigenvalue weighted by Crippen LogP contribution is -2.15. The van der Waals surface area contributed by atoms with Gasteiger partial charge in [-0.2, -0.15) is 0 Å². The van der Waals surface area contributed by atoms with Crippen LogP contribution in [0.5, 0.6) is 0 Å². The van der Waals surface area contributed by atoms with Gasteiger partial charge in [0.05, 0.1) is 13.0 Å². The molecule has 0 aliphatic rings. The number of hydrogen-bond donors (Lipinski definition) is 1. The van der Waals surface area contributed by atoms with Crippen molar-refractivity contribution in [3.8, 4) is 0 Å². The van der Waals surface area contributed by atoms with Crippen LogP contribution in [0.25, 0.3) is 0 Å². The molecule has 0 radical (unpaired) electrons. The van der Waals surface area contributed by atoms with E-state index in [0.29, 0.717) is 12.4 Å². The molecule has 0 spiro atoms. The van der Waals surface area contributed by atoms with Gasteiger partial charge in [0.25, 0.3) is 0 Å². The summed E-state index contributed by atoms with van der Waals surface area (Å²) in [6, 6.07) is 3.44. The Morgan fingerprint density at radius 1 is 1.41 bits per heavy atom. The molecule has 1 aromatic rings. The number of halogens is 1. The summed E-state index contributed by atoms with van der Waals surface area (Å²) in [5.41, 5.74) is 0. The molecule has 0 saturated heterocycles. The van der Waals surface area contributed by atoms with Gasteiger partial charge in [-0.05, 0) is 35.0 Å². The van der Waals surface area contributed by atoms with Crippen molar-refractivity contribution in [2.24, 2.45) is 0 Å². The van der Waals surface area contributed by atoms with Crippen LogP contribution in [0, 0.1) is 0 Å². The zero-order valence-corrected chi connectivity index (χ0v) is 11.0. The average molecular weight is 301 g/mol. The van der Waals surface area contributed by atoms with Crippen molar-refractivity contribution < 1.29 is 14.3 Å². The van der Waals surface area contributed by atoms with Gasteiger partial charge >= 0.3 is 5.97 Å². The summed E-state index contributed by atoms with van der Waals surface area (Å²) in [5, 5.41) is 2.59.